The summed E-state index contributed by atoms with van der Waals surface area (Å²) >= 11 is 0. The Morgan fingerprint density at radius 3 is 2.68 bits per heavy atom. The SMILES string of the molecule is Cc1ccc(-n2[nH]c3c(cnc4ccc(C(=O)NC[C@H](C)O)cc43)c2=O)cc1. The molecule has 142 valence electrons. The maximum absolute atomic E-state index is 12.8. The maximum Gasteiger partial charge on any atom is 0.280 e. The van der Waals surface area contributed by atoms with E-state index in [1.165, 1.54) is 4.68 Å². The molecule has 4 rings (SSSR count). The smallest absolute Gasteiger partial charge is 0.280 e. The number of fused-ring (bicyclic) bond motifs is 3. The average Bonchev–Trinajstić information content (AvgIpc) is 3.03. The number of carbonyl (C=O) groups is 1. The van der Waals surface area contributed by atoms with E-state index < -0.39 is 6.10 Å². The highest BCUT2D eigenvalue weighted by atomic mass is 16.3. The fourth-order valence-electron chi connectivity index (χ4n) is 3.12. The summed E-state index contributed by atoms with van der Waals surface area (Å²) in [5.74, 6) is -0.292. The number of hydrogen-bond acceptors (Lipinski definition) is 4. The third-order valence-electron chi connectivity index (χ3n) is 4.64. The zero-order chi connectivity index (χ0) is 19.8. The molecule has 0 aliphatic rings. The Morgan fingerprint density at radius 2 is 1.96 bits per heavy atom. The zero-order valence-corrected chi connectivity index (χ0v) is 15.6. The number of amides is 1. The van der Waals surface area contributed by atoms with E-state index in [2.05, 4.69) is 15.4 Å². The highest BCUT2D eigenvalue weighted by molar-refractivity contribution is 6.06. The van der Waals surface area contributed by atoms with Crippen LogP contribution in [0.5, 0.6) is 0 Å². The van der Waals surface area contributed by atoms with Gasteiger partial charge in [0.15, 0.2) is 0 Å². The molecule has 0 fully saturated rings. The Hall–Kier alpha value is -3.45. The molecule has 0 aliphatic carbocycles. The number of aromatic amines is 1. The van der Waals surface area contributed by atoms with Crippen LogP contribution in [0.1, 0.15) is 22.8 Å². The van der Waals surface area contributed by atoms with Gasteiger partial charge in [-0.15, -0.1) is 0 Å². The molecule has 0 spiro atoms. The number of aryl methyl sites for hydroxylation is 1. The van der Waals surface area contributed by atoms with Crippen molar-refractivity contribution in [3.63, 3.8) is 0 Å². The number of carbonyl (C=O) groups excluding carboxylic acids is 1. The molecule has 2 aromatic carbocycles. The standard InChI is InChI=1S/C21H20N4O3/c1-12-3-6-15(7-4-12)25-21(28)17-11-22-18-8-5-14(9-16(18)19(17)24-25)20(27)23-10-13(2)26/h3-9,11,13,24,26H,10H2,1-2H3,(H,23,27)/t13-/m0/s1. The first-order valence-corrected chi connectivity index (χ1v) is 9.01. The number of pyridine rings is 1. The van der Waals surface area contributed by atoms with Crippen molar-refractivity contribution >= 4 is 27.7 Å². The van der Waals surface area contributed by atoms with Crippen LogP contribution < -0.4 is 10.9 Å². The predicted molar refractivity (Wildman–Crippen MR) is 108 cm³/mol. The lowest BCUT2D eigenvalue weighted by atomic mass is 10.1. The molecule has 2 aromatic heterocycles. The molecule has 28 heavy (non-hydrogen) atoms. The first kappa shape index (κ1) is 17.9. The highest BCUT2D eigenvalue weighted by Gasteiger charge is 2.14. The van der Waals surface area contributed by atoms with Gasteiger partial charge < -0.3 is 10.4 Å². The average molecular weight is 376 g/mol. The summed E-state index contributed by atoms with van der Waals surface area (Å²) in [6.45, 7) is 3.76. The number of benzene rings is 2. The summed E-state index contributed by atoms with van der Waals surface area (Å²) in [4.78, 5) is 29.5. The van der Waals surface area contributed by atoms with Gasteiger partial charge in [0, 0.05) is 23.7 Å². The molecule has 1 atom stereocenters. The number of nitrogens with zero attached hydrogens (tertiary/aromatic N) is 2. The fourth-order valence-corrected chi connectivity index (χ4v) is 3.12. The molecule has 0 saturated carbocycles. The van der Waals surface area contributed by atoms with E-state index in [1.807, 2.05) is 31.2 Å². The lowest BCUT2D eigenvalue weighted by molar-refractivity contribution is 0.0924. The Labute approximate surface area is 160 Å². The summed E-state index contributed by atoms with van der Waals surface area (Å²) in [5, 5.41) is 16.3. The van der Waals surface area contributed by atoms with Gasteiger partial charge in [0.05, 0.1) is 28.2 Å². The van der Waals surface area contributed by atoms with Crippen molar-refractivity contribution < 1.29 is 9.90 Å². The largest absolute Gasteiger partial charge is 0.392 e. The van der Waals surface area contributed by atoms with Crippen molar-refractivity contribution in [2.24, 2.45) is 0 Å². The number of rotatable bonds is 4. The number of nitrogens with one attached hydrogen (secondary N) is 2. The minimum atomic E-state index is -0.627. The van der Waals surface area contributed by atoms with Crippen molar-refractivity contribution in [2.45, 2.75) is 20.0 Å². The Kier molecular flexibility index (Phi) is 4.44. The van der Waals surface area contributed by atoms with Crippen molar-refractivity contribution in [2.75, 3.05) is 6.54 Å². The van der Waals surface area contributed by atoms with Gasteiger partial charge in [-0.3, -0.25) is 19.7 Å². The second-order valence-electron chi connectivity index (χ2n) is 6.93. The molecular weight excluding hydrogens is 356 g/mol. The van der Waals surface area contributed by atoms with E-state index in [0.717, 1.165) is 11.3 Å². The monoisotopic (exact) mass is 376 g/mol. The van der Waals surface area contributed by atoms with E-state index >= 15 is 0 Å². The molecule has 3 N–H and O–H groups in total. The fraction of sp³-hybridized carbons (Fsp3) is 0.190. The van der Waals surface area contributed by atoms with Crippen LogP contribution in [0.3, 0.4) is 0 Å². The first-order chi connectivity index (χ1) is 13.4. The van der Waals surface area contributed by atoms with E-state index in [0.29, 0.717) is 27.4 Å². The molecular formula is C21H20N4O3. The van der Waals surface area contributed by atoms with Crippen molar-refractivity contribution in [1.82, 2.24) is 20.1 Å². The van der Waals surface area contributed by atoms with Gasteiger partial charge in [0.1, 0.15) is 0 Å². The van der Waals surface area contributed by atoms with Crippen LogP contribution in [0.25, 0.3) is 27.5 Å². The molecule has 0 bridgehead atoms. The zero-order valence-electron chi connectivity index (χ0n) is 15.6. The molecule has 7 heteroatoms. The molecule has 0 radical (unpaired) electrons. The number of hydrogen-bond donors (Lipinski definition) is 3. The minimum absolute atomic E-state index is 0.167. The van der Waals surface area contributed by atoms with Gasteiger partial charge >= 0.3 is 0 Å². The van der Waals surface area contributed by atoms with Crippen molar-refractivity contribution in [3.8, 4) is 5.69 Å². The van der Waals surface area contributed by atoms with Crippen LogP contribution in [-0.4, -0.2) is 38.4 Å². The lowest BCUT2D eigenvalue weighted by Crippen LogP contribution is -2.30. The molecule has 7 nitrogen and oxygen atoms in total. The molecule has 2 heterocycles. The lowest BCUT2D eigenvalue weighted by Gasteiger charge is -2.08. The maximum atomic E-state index is 12.8. The molecule has 1 amide bonds. The normalized spacial score (nSPS) is 12.4. The quantitative estimate of drug-likeness (QED) is 0.509. The van der Waals surface area contributed by atoms with Crippen LogP contribution >= 0.6 is 0 Å². The topological polar surface area (TPSA) is 100 Å². The van der Waals surface area contributed by atoms with Crippen molar-refractivity contribution in [3.05, 3.63) is 70.1 Å². The van der Waals surface area contributed by atoms with Gasteiger partial charge in [0.2, 0.25) is 0 Å². The van der Waals surface area contributed by atoms with Gasteiger partial charge in [-0.2, -0.15) is 0 Å². The summed E-state index contributed by atoms with van der Waals surface area (Å²) < 4.78 is 1.48. The van der Waals surface area contributed by atoms with Crippen LogP contribution in [-0.2, 0) is 0 Å². The van der Waals surface area contributed by atoms with E-state index in [4.69, 9.17) is 0 Å². The Morgan fingerprint density at radius 1 is 1.21 bits per heavy atom. The first-order valence-electron chi connectivity index (χ1n) is 9.01. The summed E-state index contributed by atoms with van der Waals surface area (Å²) in [6.07, 6.45) is 0.923. The van der Waals surface area contributed by atoms with Crippen LogP contribution in [0.2, 0.25) is 0 Å². The van der Waals surface area contributed by atoms with Crippen LogP contribution in [0, 0.1) is 6.92 Å². The number of aliphatic hydroxyl groups is 1. The van der Waals surface area contributed by atoms with Gasteiger partial charge in [-0.25, -0.2) is 4.68 Å². The second kappa shape index (κ2) is 6.94. The summed E-state index contributed by atoms with van der Waals surface area (Å²) in [5.41, 5.74) is 3.37. The number of aromatic nitrogens is 3. The molecule has 0 unspecified atom stereocenters. The van der Waals surface area contributed by atoms with Crippen LogP contribution in [0.15, 0.2) is 53.5 Å². The summed E-state index contributed by atoms with van der Waals surface area (Å²) in [7, 11) is 0. The predicted octanol–water partition coefficient (Wildman–Crippen LogP) is 2.29. The third kappa shape index (κ3) is 3.16. The van der Waals surface area contributed by atoms with E-state index in [-0.39, 0.29) is 18.0 Å². The third-order valence-corrected chi connectivity index (χ3v) is 4.64. The number of aliphatic hydroxyl groups excluding tert-OH is 1. The van der Waals surface area contributed by atoms with Gasteiger partial charge in [0.25, 0.3) is 11.5 Å². The Bertz CT molecular complexity index is 1240. The van der Waals surface area contributed by atoms with Gasteiger partial charge in [-0.05, 0) is 44.2 Å². The van der Waals surface area contributed by atoms with Crippen LogP contribution in [0.4, 0.5) is 0 Å². The summed E-state index contributed by atoms with van der Waals surface area (Å²) in [6, 6.07) is 12.7. The highest BCUT2D eigenvalue weighted by Crippen LogP contribution is 2.22. The number of H-pyrrole nitrogens is 1. The molecule has 0 aliphatic heterocycles. The van der Waals surface area contributed by atoms with E-state index in [1.54, 1.807) is 31.3 Å². The molecule has 4 aromatic rings. The van der Waals surface area contributed by atoms with E-state index in [9.17, 15) is 14.7 Å². The second-order valence-corrected chi connectivity index (χ2v) is 6.93. The van der Waals surface area contributed by atoms with Gasteiger partial charge in [-0.1, -0.05) is 17.7 Å². The molecule has 0 saturated heterocycles. The Balaban J connectivity index is 1.85. The minimum Gasteiger partial charge on any atom is -0.392 e. The van der Waals surface area contributed by atoms with Crippen molar-refractivity contribution in [1.29, 1.82) is 0 Å².